The van der Waals surface area contributed by atoms with Crippen LogP contribution < -0.4 is 4.74 Å². The first-order chi connectivity index (χ1) is 12.3. The second-order valence-corrected chi connectivity index (χ2v) is 7.62. The molecule has 3 heterocycles. The number of rotatable bonds is 4. The third kappa shape index (κ3) is 3.19. The first kappa shape index (κ1) is 16.3. The van der Waals surface area contributed by atoms with Crippen LogP contribution in [0.1, 0.15) is 34.9 Å². The van der Waals surface area contributed by atoms with Gasteiger partial charge in [0.2, 0.25) is 0 Å². The molecule has 4 rings (SSSR count). The van der Waals surface area contributed by atoms with Crippen molar-refractivity contribution in [3.05, 3.63) is 57.7 Å². The number of benzene rings is 1. The first-order valence-electron chi connectivity index (χ1n) is 8.19. The molecule has 6 heteroatoms. The minimum atomic E-state index is 0.0167. The molecule has 1 unspecified atom stereocenters. The zero-order valence-electron chi connectivity index (χ0n) is 13.8. The van der Waals surface area contributed by atoms with Gasteiger partial charge in [-0.2, -0.15) is 11.3 Å². The molecule has 25 heavy (non-hydrogen) atoms. The highest BCUT2D eigenvalue weighted by Gasteiger charge is 2.32. The molecule has 1 aromatic carbocycles. The quantitative estimate of drug-likeness (QED) is 0.659. The van der Waals surface area contributed by atoms with Gasteiger partial charge in [-0.25, -0.2) is 4.98 Å². The lowest BCUT2D eigenvalue weighted by atomic mass is 10.0. The van der Waals surface area contributed by atoms with Gasteiger partial charge in [0.15, 0.2) is 0 Å². The Morgan fingerprint density at radius 3 is 3.04 bits per heavy atom. The summed E-state index contributed by atoms with van der Waals surface area (Å²) in [4.78, 5) is 19.5. The maximum absolute atomic E-state index is 13.0. The van der Waals surface area contributed by atoms with Crippen LogP contribution in [0.5, 0.6) is 5.75 Å². The summed E-state index contributed by atoms with van der Waals surface area (Å²) in [6.45, 7) is 0.770. The highest BCUT2D eigenvalue weighted by molar-refractivity contribution is 7.14. The Morgan fingerprint density at radius 1 is 1.32 bits per heavy atom. The van der Waals surface area contributed by atoms with E-state index in [1.54, 1.807) is 18.4 Å². The van der Waals surface area contributed by atoms with E-state index in [9.17, 15) is 4.79 Å². The Morgan fingerprint density at radius 2 is 2.24 bits per heavy atom. The van der Waals surface area contributed by atoms with Crippen LogP contribution in [0, 0.1) is 0 Å². The van der Waals surface area contributed by atoms with Crippen molar-refractivity contribution in [3.63, 3.8) is 0 Å². The van der Waals surface area contributed by atoms with Gasteiger partial charge in [0.05, 0.1) is 13.2 Å². The zero-order valence-corrected chi connectivity index (χ0v) is 15.5. The molecule has 0 N–H and O–H groups in total. The van der Waals surface area contributed by atoms with Gasteiger partial charge in [0.1, 0.15) is 16.5 Å². The second-order valence-electron chi connectivity index (χ2n) is 5.98. The van der Waals surface area contributed by atoms with Crippen molar-refractivity contribution in [1.29, 1.82) is 0 Å². The predicted molar refractivity (Wildman–Crippen MR) is 101 cm³/mol. The van der Waals surface area contributed by atoms with E-state index in [-0.39, 0.29) is 11.9 Å². The number of thiazole rings is 1. The number of carbonyl (C=O) groups is 1. The number of ether oxygens (including phenoxy) is 1. The van der Waals surface area contributed by atoms with Gasteiger partial charge in [-0.1, -0.05) is 12.1 Å². The fraction of sp³-hybridized carbons (Fsp3) is 0.263. The van der Waals surface area contributed by atoms with E-state index in [0.29, 0.717) is 5.69 Å². The summed E-state index contributed by atoms with van der Waals surface area (Å²) in [5.74, 6) is 0.841. The standard InChI is InChI=1S/C19H18N2O2S2/c1-23-15-5-2-4-13(10-15)17-6-3-8-21(17)19(22)16-12-25-18(20-16)14-7-9-24-11-14/h2,4-5,7,9-12,17H,3,6,8H2,1H3. The molecule has 0 spiro atoms. The zero-order chi connectivity index (χ0) is 17.2. The number of thiophene rings is 1. The molecule has 0 bridgehead atoms. The molecule has 2 aromatic heterocycles. The molecular formula is C19H18N2O2S2. The summed E-state index contributed by atoms with van der Waals surface area (Å²) >= 11 is 3.16. The van der Waals surface area contributed by atoms with Crippen molar-refractivity contribution in [2.75, 3.05) is 13.7 Å². The summed E-state index contributed by atoms with van der Waals surface area (Å²) in [5, 5.41) is 6.86. The Bertz CT molecular complexity index is 873. The van der Waals surface area contributed by atoms with Crippen LogP contribution >= 0.6 is 22.7 Å². The number of nitrogens with zero attached hydrogens (tertiary/aromatic N) is 2. The maximum atomic E-state index is 13.0. The molecule has 1 saturated heterocycles. The monoisotopic (exact) mass is 370 g/mol. The van der Waals surface area contributed by atoms with Gasteiger partial charge >= 0.3 is 0 Å². The number of carbonyl (C=O) groups excluding carboxylic acids is 1. The smallest absolute Gasteiger partial charge is 0.273 e. The van der Waals surface area contributed by atoms with E-state index >= 15 is 0 Å². The molecular weight excluding hydrogens is 352 g/mol. The Hall–Kier alpha value is -2.18. The molecule has 1 fully saturated rings. The van der Waals surface area contributed by atoms with Crippen molar-refractivity contribution in [2.24, 2.45) is 0 Å². The van der Waals surface area contributed by atoms with E-state index in [0.717, 1.165) is 41.3 Å². The summed E-state index contributed by atoms with van der Waals surface area (Å²) in [6, 6.07) is 10.1. The van der Waals surface area contributed by atoms with Crippen LogP contribution in [-0.4, -0.2) is 29.4 Å². The average molecular weight is 370 g/mol. The molecule has 0 radical (unpaired) electrons. The Balaban J connectivity index is 1.58. The van der Waals surface area contributed by atoms with Crippen LogP contribution in [0.2, 0.25) is 0 Å². The van der Waals surface area contributed by atoms with Gasteiger partial charge < -0.3 is 9.64 Å². The number of likely N-dealkylation sites (tertiary alicyclic amines) is 1. The molecule has 0 saturated carbocycles. The van der Waals surface area contributed by atoms with E-state index in [2.05, 4.69) is 16.4 Å². The minimum Gasteiger partial charge on any atom is -0.497 e. The highest BCUT2D eigenvalue weighted by atomic mass is 32.1. The van der Waals surface area contributed by atoms with Crippen LogP contribution in [0.15, 0.2) is 46.5 Å². The lowest BCUT2D eigenvalue weighted by molar-refractivity contribution is 0.0730. The third-order valence-electron chi connectivity index (χ3n) is 4.48. The van der Waals surface area contributed by atoms with Crippen molar-refractivity contribution in [3.8, 4) is 16.3 Å². The topological polar surface area (TPSA) is 42.4 Å². The molecule has 1 atom stereocenters. The Labute approximate surface area is 154 Å². The normalized spacial score (nSPS) is 17.0. The van der Waals surface area contributed by atoms with Crippen LogP contribution in [0.4, 0.5) is 0 Å². The molecule has 1 aliphatic rings. The van der Waals surface area contributed by atoms with Gasteiger partial charge in [-0.05, 0) is 42.0 Å². The summed E-state index contributed by atoms with van der Waals surface area (Å²) in [7, 11) is 1.66. The second kappa shape index (κ2) is 6.98. The number of amides is 1. The molecule has 128 valence electrons. The van der Waals surface area contributed by atoms with Crippen molar-refractivity contribution < 1.29 is 9.53 Å². The van der Waals surface area contributed by atoms with E-state index in [1.807, 2.05) is 39.9 Å². The fourth-order valence-electron chi connectivity index (χ4n) is 3.24. The molecule has 3 aromatic rings. The lowest BCUT2D eigenvalue weighted by Gasteiger charge is -2.24. The predicted octanol–water partition coefficient (Wildman–Crippen LogP) is 4.86. The molecule has 1 amide bonds. The van der Waals surface area contributed by atoms with Gasteiger partial charge in [0, 0.05) is 22.9 Å². The number of aromatic nitrogens is 1. The van der Waals surface area contributed by atoms with E-state index < -0.39 is 0 Å². The van der Waals surface area contributed by atoms with Gasteiger partial charge in [-0.3, -0.25) is 4.79 Å². The molecule has 4 nitrogen and oxygen atoms in total. The largest absolute Gasteiger partial charge is 0.497 e. The first-order valence-corrected chi connectivity index (χ1v) is 10.0. The number of hydrogen-bond donors (Lipinski definition) is 0. The van der Waals surface area contributed by atoms with Crippen LogP contribution in [-0.2, 0) is 0 Å². The lowest BCUT2D eigenvalue weighted by Crippen LogP contribution is -2.30. The van der Waals surface area contributed by atoms with Gasteiger partial charge in [0.25, 0.3) is 5.91 Å². The van der Waals surface area contributed by atoms with Crippen molar-refractivity contribution in [1.82, 2.24) is 9.88 Å². The van der Waals surface area contributed by atoms with Gasteiger partial charge in [-0.15, -0.1) is 11.3 Å². The molecule has 0 aliphatic carbocycles. The third-order valence-corrected chi connectivity index (χ3v) is 6.06. The average Bonchev–Trinajstić information content (AvgIpc) is 3.41. The highest BCUT2D eigenvalue weighted by Crippen LogP contribution is 2.35. The number of hydrogen-bond acceptors (Lipinski definition) is 5. The number of methoxy groups -OCH3 is 1. The van der Waals surface area contributed by atoms with E-state index in [1.165, 1.54) is 11.3 Å². The summed E-state index contributed by atoms with van der Waals surface area (Å²) < 4.78 is 5.33. The van der Waals surface area contributed by atoms with Crippen LogP contribution in [0.25, 0.3) is 10.6 Å². The van der Waals surface area contributed by atoms with Crippen molar-refractivity contribution >= 4 is 28.6 Å². The SMILES string of the molecule is COc1cccc(C2CCCN2C(=O)c2csc(-c3ccsc3)n2)c1. The maximum Gasteiger partial charge on any atom is 0.273 e. The van der Waals surface area contributed by atoms with Crippen LogP contribution in [0.3, 0.4) is 0 Å². The summed E-state index contributed by atoms with van der Waals surface area (Å²) in [6.07, 6.45) is 1.98. The van der Waals surface area contributed by atoms with Crippen molar-refractivity contribution in [2.45, 2.75) is 18.9 Å². The van der Waals surface area contributed by atoms with E-state index in [4.69, 9.17) is 4.74 Å². The summed E-state index contributed by atoms with van der Waals surface area (Å²) in [5.41, 5.74) is 2.75. The Kier molecular flexibility index (Phi) is 4.55. The molecule has 1 aliphatic heterocycles. The minimum absolute atomic E-state index is 0.0167. The fourth-order valence-corrected chi connectivity index (χ4v) is 4.75.